The van der Waals surface area contributed by atoms with E-state index in [1.165, 1.54) is 0 Å². The largest absolute Gasteiger partial charge is 0.444 e. The van der Waals surface area contributed by atoms with Crippen molar-refractivity contribution in [3.8, 4) is 0 Å². The highest BCUT2D eigenvalue weighted by Gasteiger charge is 2.36. The second kappa shape index (κ2) is 14.4. The normalized spacial score (nSPS) is 13.2. The lowest BCUT2D eigenvalue weighted by Crippen LogP contribution is -2.54. The van der Waals surface area contributed by atoms with Crippen LogP contribution in [0.3, 0.4) is 0 Å². The Kier molecular flexibility index (Phi) is 12.6. The lowest BCUT2D eigenvalue weighted by atomic mass is 9.96. The van der Waals surface area contributed by atoms with Gasteiger partial charge in [0.1, 0.15) is 17.7 Å². The minimum Gasteiger partial charge on any atom is -0.444 e. The molecular weight excluding hydrogens is 462 g/mol. The fourth-order valence-corrected chi connectivity index (χ4v) is 4.26. The van der Waals surface area contributed by atoms with Crippen molar-refractivity contribution in [2.24, 2.45) is 0 Å². The number of alkyl carbamates (subject to hydrolysis) is 1. The number of benzene rings is 1. The Balaban J connectivity index is 3.49. The van der Waals surface area contributed by atoms with E-state index in [0.29, 0.717) is 18.7 Å². The molecule has 7 nitrogen and oxygen atoms in total. The minimum absolute atomic E-state index is 0.0777. The van der Waals surface area contributed by atoms with Crippen LogP contribution in [0.15, 0.2) is 18.2 Å². The zero-order chi connectivity index (χ0) is 26.8. The van der Waals surface area contributed by atoms with Crippen molar-refractivity contribution in [1.82, 2.24) is 15.5 Å². The van der Waals surface area contributed by atoms with Crippen molar-refractivity contribution in [3.05, 3.63) is 34.9 Å². The molecule has 0 aliphatic heterocycles. The van der Waals surface area contributed by atoms with E-state index in [1.807, 2.05) is 59.1 Å². The van der Waals surface area contributed by atoms with Crippen LogP contribution in [0.2, 0.25) is 0 Å². The standard InChI is InChI=1S/C27H45N3O4S/c1-10-11-15-30(25(32)22(14-16-35-9)29-26(33)34-27(6,7)8)23(24(31)28-18(2)3)21-13-12-19(4)17-20(21)5/h12-13,17-18,22-23H,10-11,14-16H2,1-9H3,(H,28,31)(H,29,33). The summed E-state index contributed by atoms with van der Waals surface area (Å²) in [5.74, 6) is 0.180. The van der Waals surface area contributed by atoms with Crippen LogP contribution < -0.4 is 10.6 Å². The molecule has 2 unspecified atom stereocenters. The first-order chi connectivity index (χ1) is 16.3. The maximum atomic E-state index is 14.0. The first kappa shape index (κ1) is 30.8. The monoisotopic (exact) mass is 507 g/mol. The van der Waals surface area contributed by atoms with Crippen molar-refractivity contribution in [1.29, 1.82) is 0 Å². The summed E-state index contributed by atoms with van der Waals surface area (Å²) >= 11 is 1.60. The van der Waals surface area contributed by atoms with Crippen LogP contribution in [0.5, 0.6) is 0 Å². The van der Waals surface area contributed by atoms with Crippen molar-refractivity contribution in [2.45, 2.75) is 98.4 Å². The smallest absolute Gasteiger partial charge is 0.408 e. The van der Waals surface area contributed by atoms with Crippen molar-refractivity contribution >= 4 is 29.7 Å². The zero-order valence-electron chi connectivity index (χ0n) is 23.0. The number of thioether (sulfide) groups is 1. The molecule has 198 valence electrons. The predicted molar refractivity (Wildman–Crippen MR) is 145 cm³/mol. The summed E-state index contributed by atoms with van der Waals surface area (Å²) in [6.07, 6.45) is 3.36. The number of nitrogens with one attached hydrogen (secondary N) is 2. The Labute approximate surface area is 216 Å². The second-order valence-corrected chi connectivity index (χ2v) is 11.3. The van der Waals surface area contributed by atoms with Gasteiger partial charge in [0.2, 0.25) is 11.8 Å². The Morgan fingerprint density at radius 3 is 2.29 bits per heavy atom. The molecule has 0 aromatic heterocycles. The summed E-state index contributed by atoms with van der Waals surface area (Å²) in [5.41, 5.74) is 2.14. The fourth-order valence-electron chi connectivity index (χ4n) is 3.78. The third kappa shape index (κ3) is 10.5. The summed E-state index contributed by atoms with van der Waals surface area (Å²) in [5, 5.41) is 5.78. The van der Waals surface area contributed by atoms with Crippen molar-refractivity contribution in [3.63, 3.8) is 0 Å². The highest BCUT2D eigenvalue weighted by Crippen LogP contribution is 2.27. The molecule has 0 radical (unpaired) electrons. The second-order valence-electron chi connectivity index (χ2n) is 10.3. The number of hydrogen-bond donors (Lipinski definition) is 2. The number of rotatable bonds is 12. The molecular formula is C27H45N3O4S. The fraction of sp³-hybridized carbons (Fsp3) is 0.667. The van der Waals surface area contributed by atoms with Crippen LogP contribution in [0.4, 0.5) is 4.79 Å². The molecule has 0 fully saturated rings. The summed E-state index contributed by atoms with van der Waals surface area (Å²) in [6.45, 7) is 15.6. The number of amides is 3. The van der Waals surface area contributed by atoms with E-state index < -0.39 is 23.8 Å². The average Bonchev–Trinajstić information content (AvgIpc) is 2.72. The summed E-state index contributed by atoms with van der Waals surface area (Å²) in [4.78, 5) is 41.8. The number of carbonyl (C=O) groups excluding carboxylic acids is 3. The van der Waals surface area contributed by atoms with Gasteiger partial charge in [-0.2, -0.15) is 11.8 Å². The molecule has 2 atom stereocenters. The van der Waals surface area contributed by atoms with Gasteiger partial charge < -0.3 is 20.3 Å². The highest BCUT2D eigenvalue weighted by molar-refractivity contribution is 7.98. The molecule has 8 heteroatoms. The third-order valence-electron chi connectivity index (χ3n) is 5.35. The Morgan fingerprint density at radius 2 is 1.77 bits per heavy atom. The summed E-state index contributed by atoms with van der Waals surface area (Å²) < 4.78 is 5.43. The number of hydrogen-bond acceptors (Lipinski definition) is 5. The van der Waals surface area contributed by atoms with E-state index in [9.17, 15) is 14.4 Å². The first-order valence-corrected chi connectivity index (χ1v) is 13.9. The predicted octanol–water partition coefficient (Wildman–Crippen LogP) is 5.14. The first-order valence-electron chi connectivity index (χ1n) is 12.5. The number of aryl methyl sites for hydroxylation is 2. The van der Waals surface area contributed by atoms with E-state index in [4.69, 9.17) is 4.74 Å². The van der Waals surface area contributed by atoms with Crippen LogP contribution >= 0.6 is 11.8 Å². The Hall–Kier alpha value is -2.22. The molecule has 3 amide bonds. The molecule has 0 heterocycles. The third-order valence-corrected chi connectivity index (χ3v) is 5.99. The van der Waals surface area contributed by atoms with E-state index in [2.05, 4.69) is 10.6 Å². The van der Waals surface area contributed by atoms with Gasteiger partial charge in [0.05, 0.1) is 0 Å². The quantitative estimate of drug-likeness (QED) is 0.409. The highest BCUT2D eigenvalue weighted by atomic mass is 32.2. The lowest BCUT2D eigenvalue weighted by Gasteiger charge is -2.35. The van der Waals surface area contributed by atoms with E-state index in [1.54, 1.807) is 37.4 Å². The van der Waals surface area contributed by atoms with Gasteiger partial charge in [0.15, 0.2) is 0 Å². The van der Waals surface area contributed by atoms with Gasteiger partial charge in [-0.05, 0) is 84.4 Å². The van der Waals surface area contributed by atoms with Crippen LogP contribution in [-0.4, -0.2) is 59.0 Å². The lowest BCUT2D eigenvalue weighted by molar-refractivity contribution is -0.142. The van der Waals surface area contributed by atoms with Crippen molar-refractivity contribution in [2.75, 3.05) is 18.6 Å². The average molecular weight is 508 g/mol. The Morgan fingerprint density at radius 1 is 1.11 bits per heavy atom. The van der Waals surface area contributed by atoms with Gasteiger partial charge >= 0.3 is 6.09 Å². The molecule has 0 aliphatic rings. The molecule has 35 heavy (non-hydrogen) atoms. The van der Waals surface area contributed by atoms with Crippen molar-refractivity contribution < 1.29 is 19.1 Å². The number of ether oxygens (including phenoxy) is 1. The van der Waals surface area contributed by atoms with Crippen LogP contribution in [-0.2, 0) is 14.3 Å². The van der Waals surface area contributed by atoms with Gasteiger partial charge in [-0.1, -0.05) is 37.1 Å². The maximum absolute atomic E-state index is 14.0. The van der Waals surface area contributed by atoms with Gasteiger partial charge in [0, 0.05) is 12.6 Å². The van der Waals surface area contributed by atoms with E-state index in [0.717, 1.165) is 29.5 Å². The number of nitrogens with zero attached hydrogens (tertiary/aromatic N) is 1. The van der Waals surface area contributed by atoms with Crippen LogP contribution in [0, 0.1) is 13.8 Å². The molecule has 0 bridgehead atoms. The zero-order valence-corrected chi connectivity index (χ0v) is 23.8. The van der Waals surface area contributed by atoms with Gasteiger partial charge in [-0.25, -0.2) is 4.79 Å². The van der Waals surface area contributed by atoms with Crippen LogP contribution in [0.25, 0.3) is 0 Å². The minimum atomic E-state index is -0.797. The summed E-state index contributed by atoms with van der Waals surface area (Å²) in [7, 11) is 0. The SMILES string of the molecule is CCCCN(C(=O)C(CCSC)NC(=O)OC(C)(C)C)C(C(=O)NC(C)C)c1ccc(C)cc1C. The topological polar surface area (TPSA) is 87.7 Å². The molecule has 0 spiro atoms. The van der Waals surface area contributed by atoms with Gasteiger partial charge in [0.25, 0.3) is 0 Å². The maximum Gasteiger partial charge on any atom is 0.408 e. The Bertz CT molecular complexity index is 851. The van der Waals surface area contributed by atoms with Gasteiger partial charge in [-0.15, -0.1) is 0 Å². The van der Waals surface area contributed by atoms with E-state index >= 15 is 0 Å². The molecule has 0 saturated carbocycles. The summed E-state index contributed by atoms with van der Waals surface area (Å²) in [6, 6.07) is 4.25. The van der Waals surface area contributed by atoms with Crippen LogP contribution in [0.1, 0.15) is 83.5 Å². The number of unbranched alkanes of at least 4 members (excludes halogenated alkanes) is 1. The molecule has 0 aliphatic carbocycles. The number of carbonyl (C=O) groups is 3. The molecule has 0 saturated heterocycles. The van der Waals surface area contributed by atoms with Gasteiger partial charge in [-0.3, -0.25) is 9.59 Å². The molecule has 1 rings (SSSR count). The molecule has 2 N–H and O–H groups in total. The van der Waals surface area contributed by atoms with E-state index in [-0.39, 0.29) is 17.9 Å². The molecule has 1 aromatic rings. The molecule has 1 aromatic carbocycles.